The van der Waals surface area contributed by atoms with Gasteiger partial charge in [0.2, 0.25) is 0 Å². The molecule has 3 rings (SSSR count). The third kappa shape index (κ3) is 4.74. The molecule has 0 aromatic heterocycles. The van der Waals surface area contributed by atoms with E-state index in [9.17, 15) is 13.2 Å². The van der Waals surface area contributed by atoms with E-state index in [1.165, 1.54) is 18.2 Å². The summed E-state index contributed by atoms with van der Waals surface area (Å²) >= 11 is 11.9. The van der Waals surface area contributed by atoms with Crippen LogP contribution in [-0.4, -0.2) is 25.5 Å². The molecule has 32 heavy (non-hydrogen) atoms. The average molecular weight is 484 g/mol. The molecule has 1 aliphatic heterocycles. The van der Waals surface area contributed by atoms with Gasteiger partial charge in [0.25, 0.3) is 5.60 Å². The molecule has 0 amide bonds. The fourth-order valence-corrected chi connectivity index (χ4v) is 3.95. The quantitative estimate of drug-likeness (QED) is 0.494. The van der Waals surface area contributed by atoms with Crippen molar-refractivity contribution >= 4 is 34.6 Å². The minimum absolute atomic E-state index is 0.0836. The zero-order valence-electron chi connectivity index (χ0n) is 17.5. The molecule has 0 fully saturated rings. The number of aryl methyl sites for hydroxylation is 1. The highest BCUT2D eigenvalue weighted by atomic mass is 35.5. The number of oxime groups is 1. The number of rotatable bonds is 7. The standard InChI is InChI=1S/C23H22Cl2F3N3O/c1-13-7-16(5-6-20(13)15(3)30-12-14(2)29-4)21-11-22(32-31-21,23(26,27)28)17-8-18(24)10-19(25)9-17/h5-10,29-30H,2-3,11-12H2,1,4H3. The van der Waals surface area contributed by atoms with Crippen molar-refractivity contribution in [3.63, 3.8) is 0 Å². The summed E-state index contributed by atoms with van der Waals surface area (Å²) < 4.78 is 42.5. The molecular weight excluding hydrogens is 462 g/mol. The lowest BCUT2D eigenvalue weighted by Gasteiger charge is -2.29. The summed E-state index contributed by atoms with van der Waals surface area (Å²) in [6, 6.07) is 9.00. The number of benzene rings is 2. The molecule has 1 heterocycles. The van der Waals surface area contributed by atoms with Gasteiger partial charge in [-0.1, -0.05) is 53.6 Å². The average Bonchev–Trinajstić information content (AvgIpc) is 3.18. The van der Waals surface area contributed by atoms with Gasteiger partial charge in [0, 0.05) is 40.5 Å². The first-order chi connectivity index (χ1) is 15.0. The van der Waals surface area contributed by atoms with Crippen molar-refractivity contribution < 1.29 is 18.0 Å². The summed E-state index contributed by atoms with van der Waals surface area (Å²) in [5.74, 6) is 0. The van der Waals surface area contributed by atoms with E-state index in [1.54, 1.807) is 25.2 Å². The molecule has 1 unspecified atom stereocenters. The van der Waals surface area contributed by atoms with Crippen LogP contribution in [0.4, 0.5) is 13.2 Å². The lowest BCUT2D eigenvalue weighted by molar-refractivity contribution is -0.275. The topological polar surface area (TPSA) is 45.7 Å². The summed E-state index contributed by atoms with van der Waals surface area (Å²) in [4.78, 5) is 5.06. The molecule has 2 N–H and O–H groups in total. The first kappa shape index (κ1) is 24.0. The van der Waals surface area contributed by atoms with E-state index in [1.807, 2.05) is 6.92 Å². The molecule has 0 saturated carbocycles. The maximum atomic E-state index is 14.2. The van der Waals surface area contributed by atoms with Crippen LogP contribution in [0.3, 0.4) is 0 Å². The smallest absolute Gasteiger partial charge is 0.390 e. The molecule has 2 aromatic carbocycles. The SMILES string of the molecule is C=C(CNC(=C)c1ccc(C2=NOC(c3cc(Cl)cc(Cl)c3)(C(F)(F)F)C2)cc1C)NC. The third-order valence-corrected chi connectivity index (χ3v) is 5.70. The summed E-state index contributed by atoms with van der Waals surface area (Å²) in [5, 5.41) is 10.1. The van der Waals surface area contributed by atoms with Gasteiger partial charge in [-0.2, -0.15) is 13.2 Å². The van der Waals surface area contributed by atoms with Crippen molar-refractivity contribution in [2.24, 2.45) is 5.16 Å². The number of alkyl halides is 3. The Morgan fingerprint density at radius 3 is 2.38 bits per heavy atom. The van der Waals surface area contributed by atoms with Gasteiger partial charge in [-0.25, -0.2) is 0 Å². The third-order valence-electron chi connectivity index (χ3n) is 5.27. The number of nitrogens with zero attached hydrogens (tertiary/aromatic N) is 1. The second-order valence-electron chi connectivity index (χ2n) is 7.50. The monoisotopic (exact) mass is 483 g/mol. The molecule has 170 valence electrons. The van der Waals surface area contributed by atoms with Crippen LogP contribution in [0.25, 0.3) is 5.70 Å². The van der Waals surface area contributed by atoms with Gasteiger partial charge in [0.05, 0.1) is 12.3 Å². The van der Waals surface area contributed by atoms with Crippen LogP contribution in [0, 0.1) is 6.92 Å². The lowest BCUT2D eigenvalue weighted by atomic mass is 9.86. The van der Waals surface area contributed by atoms with Crippen LogP contribution in [0.5, 0.6) is 0 Å². The van der Waals surface area contributed by atoms with Gasteiger partial charge in [-0.15, -0.1) is 0 Å². The van der Waals surface area contributed by atoms with E-state index in [2.05, 4.69) is 28.9 Å². The molecule has 4 nitrogen and oxygen atoms in total. The highest BCUT2D eigenvalue weighted by molar-refractivity contribution is 6.34. The molecule has 0 spiro atoms. The van der Waals surface area contributed by atoms with Crippen LogP contribution < -0.4 is 10.6 Å². The maximum absolute atomic E-state index is 14.2. The number of nitrogens with one attached hydrogen (secondary N) is 2. The first-order valence-electron chi connectivity index (χ1n) is 9.65. The minimum Gasteiger partial charge on any atom is -0.390 e. The predicted octanol–water partition coefficient (Wildman–Crippen LogP) is 6.18. The predicted molar refractivity (Wildman–Crippen MR) is 123 cm³/mol. The van der Waals surface area contributed by atoms with Gasteiger partial charge in [-0.3, -0.25) is 0 Å². The zero-order valence-corrected chi connectivity index (χ0v) is 19.0. The van der Waals surface area contributed by atoms with Crippen molar-refractivity contribution in [3.05, 3.63) is 87.6 Å². The van der Waals surface area contributed by atoms with Gasteiger partial charge in [0.1, 0.15) is 0 Å². The minimum atomic E-state index is -4.74. The molecule has 0 radical (unpaired) electrons. The van der Waals surface area contributed by atoms with E-state index < -0.39 is 18.2 Å². The summed E-state index contributed by atoms with van der Waals surface area (Å²) in [6.45, 7) is 10.2. The van der Waals surface area contributed by atoms with Crippen molar-refractivity contribution in [1.82, 2.24) is 10.6 Å². The second kappa shape index (κ2) is 9.08. The maximum Gasteiger partial charge on any atom is 0.435 e. The van der Waals surface area contributed by atoms with E-state index in [0.29, 0.717) is 17.8 Å². The molecule has 1 aliphatic rings. The van der Waals surface area contributed by atoms with Gasteiger partial charge in [0.15, 0.2) is 0 Å². The summed E-state index contributed by atoms with van der Waals surface area (Å²) in [6.07, 6.45) is -5.25. The van der Waals surface area contributed by atoms with E-state index >= 15 is 0 Å². The van der Waals surface area contributed by atoms with Crippen molar-refractivity contribution in [2.75, 3.05) is 13.6 Å². The zero-order chi connectivity index (χ0) is 23.7. The Morgan fingerprint density at radius 1 is 1.16 bits per heavy atom. The second-order valence-corrected chi connectivity index (χ2v) is 8.38. The lowest BCUT2D eigenvalue weighted by Crippen LogP contribution is -2.42. The number of likely N-dealkylation sites (N-methyl/N-ethyl adjacent to an activating group) is 1. The molecular formula is C23H22Cl2F3N3O. The fourth-order valence-electron chi connectivity index (χ4n) is 3.42. The van der Waals surface area contributed by atoms with Crippen LogP contribution in [0.1, 0.15) is 28.7 Å². The van der Waals surface area contributed by atoms with Crippen molar-refractivity contribution in [2.45, 2.75) is 25.1 Å². The first-order valence-corrected chi connectivity index (χ1v) is 10.4. The van der Waals surface area contributed by atoms with Gasteiger partial charge >= 0.3 is 6.18 Å². The molecule has 0 saturated heterocycles. The molecule has 9 heteroatoms. The van der Waals surface area contributed by atoms with Crippen molar-refractivity contribution in [1.29, 1.82) is 0 Å². The molecule has 0 aliphatic carbocycles. The Balaban J connectivity index is 1.88. The Hall–Kier alpha value is -2.64. The normalized spacial score (nSPS) is 18.0. The van der Waals surface area contributed by atoms with Gasteiger partial charge in [-0.05, 0) is 47.9 Å². The van der Waals surface area contributed by atoms with Crippen LogP contribution in [0.15, 0.2) is 60.4 Å². The highest BCUT2D eigenvalue weighted by Crippen LogP contribution is 2.49. The molecule has 1 atom stereocenters. The Labute approximate surface area is 194 Å². The Morgan fingerprint density at radius 2 is 1.81 bits per heavy atom. The Kier molecular flexibility index (Phi) is 6.81. The van der Waals surface area contributed by atoms with E-state index in [4.69, 9.17) is 28.0 Å². The Bertz CT molecular complexity index is 1080. The van der Waals surface area contributed by atoms with Crippen LogP contribution in [-0.2, 0) is 10.4 Å². The fraction of sp³-hybridized carbons (Fsp3) is 0.261. The van der Waals surface area contributed by atoms with Crippen LogP contribution >= 0.6 is 23.2 Å². The summed E-state index contributed by atoms with van der Waals surface area (Å²) in [7, 11) is 1.77. The number of halogens is 5. The van der Waals surface area contributed by atoms with E-state index in [-0.39, 0.29) is 21.3 Å². The van der Waals surface area contributed by atoms with Gasteiger partial charge < -0.3 is 15.5 Å². The largest absolute Gasteiger partial charge is 0.435 e. The summed E-state index contributed by atoms with van der Waals surface area (Å²) in [5.41, 5.74) is 0.969. The van der Waals surface area contributed by atoms with Crippen molar-refractivity contribution in [3.8, 4) is 0 Å². The number of hydrogen-bond acceptors (Lipinski definition) is 4. The number of hydrogen-bond donors (Lipinski definition) is 2. The highest BCUT2D eigenvalue weighted by Gasteiger charge is 2.62. The molecule has 0 bridgehead atoms. The molecule has 2 aromatic rings. The van der Waals surface area contributed by atoms with E-state index in [0.717, 1.165) is 16.8 Å². The van der Waals surface area contributed by atoms with Crippen LogP contribution in [0.2, 0.25) is 10.0 Å².